The summed E-state index contributed by atoms with van der Waals surface area (Å²) in [4.78, 5) is 2.39. The molecule has 5 unspecified atom stereocenters. The minimum absolute atomic E-state index is 0.222. The van der Waals surface area contributed by atoms with Crippen molar-refractivity contribution in [3.05, 3.63) is 12.2 Å². The number of hydrogen-bond acceptors (Lipinski definition) is 5. The van der Waals surface area contributed by atoms with Gasteiger partial charge in [-0.15, -0.1) is 0 Å². The van der Waals surface area contributed by atoms with Crippen LogP contribution < -0.4 is 10.6 Å². The van der Waals surface area contributed by atoms with Crippen LogP contribution >= 0.6 is 0 Å². The first-order chi connectivity index (χ1) is 11.2. The second-order valence-electron chi connectivity index (χ2n) is 7.30. The Labute approximate surface area is 140 Å². The number of piperidine rings is 2. The molecule has 0 aromatic carbocycles. The van der Waals surface area contributed by atoms with Crippen LogP contribution in [0.3, 0.4) is 0 Å². The smallest absolute Gasteiger partial charge is 0.147 e. The minimum atomic E-state index is -0.245. The first-order valence-corrected chi connectivity index (χ1v) is 9.05. The van der Waals surface area contributed by atoms with E-state index >= 15 is 0 Å². The van der Waals surface area contributed by atoms with Gasteiger partial charge in [-0.3, -0.25) is 5.32 Å². The summed E-state index contributed by atoms with van der Waals surface area (Å²) >= 11 is 0. The lowest BCUT2D eigenvalue weighted by molar-refractivity contribution is 0.0262. The lowest BCUT2D eigenvalue weighted by atomic mass is 9.81. The molecule has 3 fully saturated rings. The topological polar surface area (TPSA) is 60.3 Å². The SMILES string of the molecule is C/C=C/CC1C(C#N)OC2CC(NC3CCN(C)CC3)NCC21. The molecule has 0 bridgehead atoms. The molecule has 0 aliphatic carbocycles. The quantitative estimate of drug-likeness (QED) is 0.769. The molecule has 23 heavy (non-hydrogen) atoms. The number of rotatable bonds is 4. The number of ether oxygens (including phenoxy) is 1. The minimum Gasteiger partial charge on any atom is -0.359 e. The van der Waals surface area contributed by atoms with Crippen molar-refractivity contribution in [3.8, 4) is 6.07 Å². The van der Waals surface area contributed by atoms with Gasteiger partial charge in [0.1, 0.15) is 6.10 Å². The summed E-state index contributed by atoms with van der Waals surface area (Å²) in [5, 5.41) is 16.8. The van der Waals surface area contributed by atoms with Crippen LogP contribution in [0.1, 0.15) is 32.6 Å². The Kier molecular flexibility index (Phi) is 5.71. The molecular formula is C18H30N4O. The number of likely N-dealkylation sites (tertiary alicyclic amines) is 1. The van der Waals surface area contributed by atoms with Crippen LogP contribution in [0.25, 0.3) is 0 Å². The van der Waals surface area contributed by atoms with Crippen molar-refractivity contribution in [2.24, 2.45) is 11.8 Å². The Bertz CT molecular complexity index is 452. The van der Waals surface area contributed by atoms with Gasteiger partial charge in [0, 0.05) is 30.8 Å². The van der Waals surface area contributed by atoms with Crippen LogP contribution in [0.5, 0.6) is 0 Å². The molecule has 3 heterocycles. The molecular weight excluding hydrogens is 288 g/mol. The summed E-state index contributed by atoms with van der Waals surface area (Å²) < 4.78 is 6.08. The maximum Gasteiger partial charge on any atom is 0.147 e. The summed E-state index contributed by atoms with van der Waals surface area (Å²) in [6, 6.07) is 2.97. The molecule has 0 amide bonds. The number of allylic oxidation sites excluding steroid dienone is 2. The number of nitrogens with one attached hydrogen (secondary N) is 2. The van der Waals surface area contributed by atoms with E-state index in [4.69, 9.17) is 4.74 Å². The van der Waals surface area contributed by atoms with E-state index < -0.39 is 0 Å². The van der Waals surface area contributed by atoms with E-state index in [2.05, 4.69) is 40.8 Å². The van der Waals surface area contributed by atoms with Crippen molar-refractivity contribution in [2.45, 2.75) is 57.0 Å². The maximum atomic E-state index is 9.39. The molecule has 3 aliphatic heterocycles. The fraction of sp³-hybridized carbons (Fsp3) is 0.833. The summed E-state index contributed by atoms with van der Waals surface area (Å²) in [5.74, 6) is 0.796. The summed E-state index contributed by atoms with van der Waals surface area (Å²) in [5.41, 5.74) is 0. The molecule has 0 radical (unpaired) electrons. The second kappa shape index (κ2) is 7.76. The lowest BCUT2D eigenvalue weighted by Gasteiger charge is -2.38. The van der Waals surface area contributed by atoms with Gasteiger partial charge in [0.05, 0.1) is 18.3 Å². The summed E-state index contributed by atoms with van der Waals surface area (Å²) in [6.45, 7) is 5.34. The zero-order valence-electron chi connectivity index (χ0n) is 14.4. The maximum absolute atomic E-state index is 9.39. The molecule has 5 heteroatoms. The van der Waals surface area contributed by atoms with Gasteiger partial charge in [0.25, 0.3) is 0 Å². The van der Waals surface area contributed by atoms with Crippen LogP contribution in [0, 0.1) is 23.2 Å². The zero-order chi connectivity index (χ0) is 16.2. The highest BCUT2D eigenvalue weighted by Gasteiger charge is 2.46. The highest BCUT2D eigenvalue weighted by Crippen LogP contribution is 2.38. The number of nitriles is 1. The highest BCUT2D eigenvalue weighted by molar-refractivity contribution is 5.05. The fourth-order valence-corrected chi connectivity index (χ4v) is 4.30. The van der Waals surface area contributed by atoms with Crippen molar-refractivity contribution in [3.63, 3.8) is 0 Å². The third-order valence-corrected chi connectivity index (χ3v) is 5.73. The Hall–Kier alpha value is -0.930. The van der Waals surface area contributed by atoms with Crippen molar-refractivity contribution in [1.82, 2.24) is 15.5 Å². The first-order valence-electron chi connectivity index (χ1n) is 9.05. The number of nitrogens with zero attached hydrogens (tertiary/aromatic N) is 2. The van der Waals surface area contributed by atoms with E-state index in [1.54, 1.807) is 0 Å². The van der Waals surface area contributed by atoms with Gasteiger partial charge in [-0.05, 0) is 46.3 Å². The average Bonchev–Trinajstić information content (AvgIpc) is 2.92. The standard InChI is InChI=1S/C18H30N4O/c1-3-4-5-14-15-12-20-18(10-16(15)23-17(14)11-19)21-13-6-8-22(2)9-7-13/h3-4,13-18,20-21H,5-10,12H2,1-2H3/b4-3+. The Morgan fingerprint density at radius 2 is 2.17 bits per heavy atom. The van der Waals surface area contributed by atoms with Crippen LogP contribution in [0.4, 0.5) is 0 Å². The molecule has 0 saturated carbocycles. The molecule has 0 spiro atoms. The van der Waals surface area contributed by atoms with Gasteiger partial charge in [0.15, 0.2) is 0 Å². The van der Waals surface area contributed by atoms with Crippen molar-refractivity contribution >= 4 is 0 Å². The normalized spacial score (nSPS) is 39.4. The fourth-order valence-electron chi connectivity index (χ4n) is 4.30. The van der Waals surface area contributed by atoms with E-state index in [0.29, 0.717) is 24.0 Å². The van der Waals surface area contributed by atoms with Gasteiger partial charge in [-0.25, -0.2) is 0 Å². The molecule has 3 saturated heterocycles. The van der Waals surface area contributed by atoms with Crippen molar-refractivity contribution < 1.29 is 4.74 Å². The molecule has 3 aliphatic rings. The van der Waals surface area contributed by atoms with E-state index in [0.717, 1.165) is 19.4 Å². The van der Waals surface area contributed by atoms with Crippen LogP contribution in [0.15, 0.2) is 12.2 Å². The highest BCUT2D eigenvalue weighted by atomic mass is 16.5. The molecule has 128 valence electrons. The van der Waals surface area contributed by atoms with Crippen LogP contribution in [-0.2, 0) is 4.74 Å². The monoisotopic (exact) mass is 318 g/mol. The Morgan fingerprint density at radius 1 is 1.39 bits per heavy atom. The van der Waals surface area contributed by atoms with Gasteiger partial charge >= 0.3 is 0 Å². The Balaban J connectivity index is 1.54. The predicted octanol–water partition coefficient (Wildman–Crippen LogP) is 1.48. The van der Waals surface area contributed by atoms with E-state index in [-0.39, 0.29) is 12.2 Å². The van der Waals surface area contributed by atoms with Crippen molar-refractivity contribution in [2.75, 3.05) is 26.7 Å². The van der Waals surface area contributed by atoms with Gasteiger partial charge < -0.3 is 15.0 Å². The van der Waals surface area contributed by atoms with Crippen molar-refractivity contribution in [1.29, 1.82) is 5.26 Å². The predicted molar refractivity (Wildman–Crippen MR) is 90.7 cm³/mol. The van der Waals surface area contributed by atoms with Gasteiger partial charge in [0.2, 0.25) is 0 Å². The summed E-state index contributed by atoms with van der Waals surface area (Å²) in [7, 11) is 2.19. The molecule has 3 rings (SSSR count). The van der Waals surface area contributed by atoms with Gasteiger partial charge in [-0.2, -0.15) is 5.26 Å². The van der Waals surface area contributed by atoms with E-state index in [1.807, 2.05) is 6.92 Å². The zero-order valence-corrected chi connectivity index (χ0v) is 14.4. The van der Waals surface area contributed by atoms with Crippen LogP contribution in [-0.4, -0.2) is 56.0 Å². The van der Waals surface area contributed by atoms with Crippen LogP contribution in [0.2, 0.25) is 0 Å². The average molecular weight is 318 g/mol. The molecule has 2 N–H and O–H groups in total. The van der Waals surface area contributed by atoms with E-state index in [9.17, 15) is 5.26 Å². The molecule has 5 nitrogen and oxygen atoms in total. The number of fused-ring (bicyclic) bond motifs is 1. The number of hydrogen-bond donors (Lipinski definition) is 2. The molecule has 0 aromatic heterocycles. The third-order valence-electron chi connectivity index (χ3n) is 5.73. The molecule has 0 aromatic rings. The summed E-state index contributed by atoms with van der Waals surface area (Å²) in [6.07, 6.45) is 8.90. The lowest BCUT2D eigenvalue weighted by Crippen LogP contribution is -2.57. The largest absolute Gasteiger partial charge is 0.359 e. The third kappa shape index (κ3) is 3.95. The molecule has 5 atom stereocenters. The van der Waals surface area contributed by atoms with E-state index in [1.165, 1.54) is 25.9 Å². The first kappa shape index (κ1) is 16.9. The Morgan fingerprint density at radius 3 is 2.87 bits per heavy atom. The second-order valence-corrected chi connectivity index (χ2v) is 7.30. The van der Waals surface area contributed by atoms with Gasteiger partial charge in [-0.1, -0.05) is 12.2 Å².